The van der Waals surface area contributed by atoms with Crippen molar-refractivity contribution in [3.8, 4) is 11.4 Å². The molecule has 25 heavy (non-hydrogen) atoms. The van der Waals surface area contributed by atoms with Gasteiger partial charge in [0, 0.05) is 29.4 Å². The number of benzene rings is 1. The van der Waals surface area contributed by atoms with Crippen molar-refractivity contribution in [2.24, 2.45) is 0 Å². The van der Waals surface area contributed by atoms with Crippen LogP contribution in [0.4, 0.5) is 0 Å². The minimum atomic E-state index is -0.283. The van der Waals surface area contributed by atoms with Crippen LogP contribution < -0.4 is 10.3 Å². The van der Waals surface area contributed by atoms with Crippen molar-refractivity contribution >= 4 is 5.78 Å². The summed E-state index contributed by atoms with van der Waals surface area (Å²) in [7, 11) is 1.59. The van der Waals surface area contributed by atoms with Gasteiger partial charge in [0.25, 0.3) is 5.56 Å². The van der Waals surface area contributed by atoms with Gasteiger partial charge in [-0.2, -0.15) is 0 Å². The Hall–Kier alpha value is -2.44. The third kappa shape index (κ3) is 3.97. The summed E-state index contributed by atoms with van der Waals surface area (Å²) in [6.07, 6.45) is 2.37. The van der Waals surface area contributed by atoms with Gasteiger partial charge in [-0.15, -0.1) is 0 Å². The number of ketones is 1. The third-order valence-electron chi connectivity index (χ3n) is 4.19. The van der Waals surface area contributed by atoms with E-state index in [1.807, 2.05) is 0 Å². The van der Waals surface area contributed by atoms with Crippen LogP contribution in [0.25, 0.3) is 5.69 Å². The van der Waals surface area contributed by atoms with Crippen LogP contribution in [0.3, 0.4) is 0 Å². The van der Waals surface area contributed by atoms with Crippen LogP contribution in [0, 0.1) is 0 Å². The van der Waals surface area contributed by atoms with E-state index in [-0.39, 0.29) is 17.6 Å². The van der Waals surface area contributed by atoms with E-state index in [1.54, 1.807) is 43.6 Å². The van der Waals surface area contributed by atoms with Gasteiger partial charge in [0.1, 0.15) is 5.75 Å². The minimum absolute atomic E-state index is 0.0862. The maximum atomic E-state index is 12.8. The molecular formula is C19H21NO5. The standard InChI is InChI=1S/C19H21NO5/c1-13(21)15-11-14(3-8-18-24-9-10-25-18)19(22)20(12-15)16-4-6-17(23-2)7-5-16/h4-7,11-12,18H,3,8-10H2,1-2H3. The quantitative estimate of drug-likeness (QED) is 0.753. The number of carbonyl (C=O) groups is 1. The van der Waals surface area contributed by atoms with Gasteiger partial charge in [-0.1, -0.05) is 0 Å². The number of rotatable bonds is 6. The second-order valence-corrected chi connectivity index (χ2v) is 5.89. The number of methoxy groups -OCH3 is 1. The number of pyridine rings is 1. The van der Waals surface area contributed by atoms with Gasteiger partial charge in [-0.25, -0.2) is 0 Å². The molecule has 132 valence electrons. The molecular weight excluding hydrogens is 322 g/mol. The molecule has 3 rings (SSSR count). The van der Waals surface area contributed by atoms with E-state index >= 15 is 0 Å². The number of hydrogen-bond acceptors (Lipinski definition) is 5. The molecule has 1 aliphatic heterocycles. The molecule has 0 aliphatic carbocycles. The number of nitrogens with zero attached hydrogens (tertiary/aromatic N) is 1. The predicted octanol–water partition coefficient (Wildman–Crippen LogP) is 2.35. The number of aromatic nitrogens is 1. The molecule has 0 N–H and O–H groups in total. The lowest BCUT2D eigenvalue weighted by atomic mass is 10.1. The summed E-state index contributed by atoms with van der Waals surface area (Å²) in [5.74, 6) is 0.618. The van der Waals surface area contributed by atoms with Gasteiger partial charge in [0.2, 0.25) is 0 Å². The molecule has 0 saturated carbocycles. The lowest BCUT2D eigenvalue weighted by Gasteiger charge is -2.13. The summed E-state index contributed by atoms with van der Waals surface area (Å²) in [5, 5.41) is 0. The molecule has 0 radical (unpaired) electrons. The molecule has 0 bridgehead atoms. The van der Waals surface area contributed by atoms with E-state index in [2.05, 4.69) is 0 Å². The lowest BCUT2D eigenvalue weighted by Crippen LogP contribution is -2.24. The Morgan fingerprint density at radius 1 is 1.24 bits per heavy atom. The molecule has 6 heteroatoms. The molecule has 0 amide bonds. The third-order valence-corrected chi connectivity index (χ3v) is 4.19. The molecule has 1 aliphatic rings. The van der Waals surface area contributed by atoms with Crippen molar-refractivity contribution in [3.63, 3.8) is 0 Å². The fourth-order valence-electron chi connectivity index (χ4n) is 2.79. The number of ether oxygens (including phenoxy) is 3. The summed E-state index contributed by atoms with van der Waals surface area (Å²) in [6.45, 7) is 2.65. The Morgan fingerprint density at radius 2 is 1.92 bits per heavy atom. The van der Waals surface area contributed by atoms with Crippen LogP contribution in [-0.4, -0.2) is 37.0 Å². The topological polar surface area (TPSA) is 66.8 Å². The van der Waals surface area contributed by atoms with Gasteiger partial charge < -0.3 is 14.2 Å². The number of aryl methyl sites for hydroxylation is 1. The predicted molar refractivity (Wildman–Crippen MR) is 92.6 cm³/mol. The van der Waals surface area contributed by atoms with E-state index in [4.69, 9.17) is 14.2 Å². The zero-order chi connectivity index (χ0) is 17.8. The Labute approximate surface area is 145 Å². The Bertz CT molecular complexity index is 804. The number of carbonyl (C=O) groups excluding carboxylic acids is 1. The monoisotopic (exact) mass is 343 g/mol. The zero-order valence-electron chi connectivity index (χ0n) is 14.4. The van der Waals surface area contributed by atoms with Crippen LogP contribution in [0.15, 0.2) is 41.3 Å². The van der Waals surface area contributed by atoms with Gasteiger partial charge in [-0.05, 0) is 43.7 Å². The molecule has 2 aromatic rings. The summed E-state index contributed by atoms with van der Waals surface area (Å²) in [6, 6.07) is 8.80. The van der Waals surface area contributed by atoms with Crippen molar-refractivity contribution < 1.29 is 19.0 Å². The fraction of sp³-hybridized carbons (Fsp3) is 0.368. The van der Waals surface area contributed by atoms with Crippen molar-refractivity contribution in [3.05, 3.63) is 58.0 Å². The van der Waals surface area contributed by atoms with Gasteiger partial charge in [0.05, 0.1) is 20.3 Å². The second kappa shape index (κ2) is 7.63. The van der Waals surface area contributed by atoms with Crippen molar-refractivity contribution in [1.29, 1.82) is 0 Å². The SMILES string of the molecule is COc1ccc(-n2cc(C(C)=O)cc(CCC3OCCO3)c2=O)cc1. The number of hydrogen-bond donors (Lipinski definition) is 0. The van der Waals surface area contributed by atoms with Crippen LogP contribution in [-0.2, 0) is 15.9 Å². The van der Waals surface area contributed by atoms with E-state index in [0.29, 0.717) is 48.6 Å². The largest absolute Gasteiger partial charge is 0.497 e. The molecule has 2 heterocycles. The maximum absolute atomic E-state index is 12.8. The summed E-state index contributed by atoms with van der Waals surface area (Å²) < 4.78 is 17.5. The molecule has 0 atom stereocenters. The molecule has 1 aromatic heterocycles. The van der Waals surface area contributed by atoms with E-state index in [9.17, 15) is 9.59 Å². The van der Waals surface area contributed by atoms with Crippen LogP contribution in [0.1, 0.15) is 29.3 Å². The van der Waals surface area contributed by atoms with E-state index in [1.165, 1.54) is 11.5 Å². The second-order valence-electron chi connectivity index (χ2n) is 5.89. The maximum Gasteiger partial charge on any atom is 0.258 e. The van der Waals surface area contributed by atoms with Crippen LogP contribution in [0.2, 0.25) is 0 Å². The minimum Gasteiger partial charge on any atom is -0.497 e. The highest BCUT2D eigenvalue weighted by Crippen LogP contribution is 2.16. The van der Waals surface area contributed by atoms with Crippen molar-refractivity contribution in [1.82, 2.24) is 4.57 Å². The van der Waals surface area contributed by atoms with E-state index in [0.717, 1.165) is 0 Å². The van der Waals surface area contributed by atoms with Crippen molar-refractivity contribution in [2.75, 3.05) is 20.3 Å². The van der Waals surface area contributed by atoms with Gasteiger partial charge in [0.15, 0.2) is 12.1 Å². The summed E-state index contributed by atoms with van der Waals surface area (Å²) in [4.78, 5) is 24.7. The molecule has 0 spiro atoms. The molecule has 6 nitrogen and oxygen atoms in total. The molecule has 1 fully saturated rings. The normalized spacial score (nSPS) is 14.6. The van der Waals surface area contributed by atoms with Crippen LogP contribution in [0.5, 0.6) is 5.75 Å². The Morgan fingerprint density at radius 3 is 2.52 bits per heavy atom. The van der Waals surface area contributed by atoms with Crippen LogP contribution >= 0.6 is 0 Å². The molecule has 1 saturated heterocycles. The highest BCUT2D eigenvalue weighted by molar-refractivity contribution is 5.94. The zero-order valence-corrected chi connectivity index (χ0v) is 14.4. The molecule has 0 unspecified atom stereocenters. The molecule has 1 aromatic carbocycles. The highest BCUT2D eigenvalue weighted by Gasteiger charge is 2.18. The Kier molecular flexibility index (Phi) is 5.31. The highest BCUT2D eigenvalue weighted by atomic mass is 16.7. The van der Waals surface area contributed by atoms with Crippen molar-refractivity contribution in [2.45, 2.75) is 26.1 Å². The first-order valence-corrected chi connectivity index (χ1v) is 8.22. The number of Topliss-reactive ketones (excluding diaryl/α,β-unsaturated/α-hetero) is 1. The first-order valence-electron chi connectivity index (χ1n) is 8.22. The first kappa shape index (κ1) is 17.4. The Balaban J connectivity index is 1.95. The first-order chi connectivity index (χ1) is 12.1. The van der Waals surface area contributed by atoms with Gasteiger partial charge >= 0.3 is 0 Å². The summed E-state index contributed by atoms with van der Waals surface area (Å²) >= 11 is 0. The average Bonchev–Trinajstić information content (AvgIpc) is 3.14. The average molecular weight is 343 g/mol. The fourth-order valence-corrected chi connectivity index (χ4v) is 2.79. The van der Waals surface area contributed by atoms with Gasteiger partial charge in [-0.3, -0.25) is 14.2 Å². The lowest BCUT2D eigenvalue weighted by molar-refractivity contribution is -0.0462. The summed E-state index contributed by atoms with van der Waals surface area (Å²) in [5.41, 5.74) is 1.61. The van der Waals surface area contributed by atoms with E-state index < -0.39 is 0 Å². The smallest absolute Gasteiger partial charge is 0.258 e.